The summed E-state index contributed by atoms with van der Waals surface area (Å²) in [6, 6.07) is 9.39. The van der Waals surface area contributed by atoms with Crippen LogP contribution in [0.25, 0.3) is 11.0 Å². The summed E-state index contributed by atoms with van der Waals surface area (Å²) in [5.41, 5.74) is 0.307. The number of aromatic nitrogens is 3. The van der Waals surface area contributed by atoms with E-state index in [9.17, 15) is 24.5 Å². The molecular formula is C15H10ClN5O5. The summed E-state index contributed by atoms with van der Waals surface area (Å²) in [6.45, 7) is -0.373. The number of hydrogen-bond donors (Lipinski definition) is 2. The molecule has 2 aromatic heterocycles. The van der Waals surface area contributed by atoms with Crippen LogP contribution in [0, 0.1) is 10.1 Å². The highest BCUT2D eigenvalue weighted by molar-refractivity contribution is 6.30. The van der Waals surface area contributed by atoms with Gasteiger partial charge in [0.05, 0.1) is 12.1 Å². The van der Waals surface area contributed by atoms with Crippen LogP contribution in [0.2, 0.25) is 5.15 Å². The molecule has 132 valence electrons. The molecule has 2 N–H and O–H groups in total. The summed E-state index contributed by atoms with van der Waals surface area (Å²) in [6.07, 6.45) is 0. The Morgan fingerprint density at radius 3 is 2.65 bits per heavy atom. The zero-order valence-corrected chi connectivity index (χ0v) is 13.7. The lowest BCUT2D eigenvalue weighted by atomic mass is 10.1. The first-order valence-electron chi connectivity index (χ1n) is 7.20. The van der Waals surface area contributed by atoms with Crippen LogP contribution in [-0.2, 0) is 0 Å². The second-order valence-corrected chi connectivity index (χ2v) is 5.53. The lowest BCUT2D eigenvalue weighted by Crippen LogP contribution is -2.42. The number of nitrogens with zero attached hydrogens (tertiary/aromatic N) is 3. The van der Waals surface area contributed by atoms with Crippen molar-refractivity contribution in [3.05, 3.63) is 77.9 Å². The van der Waals surface area contributed by atoms with Gasteiger partial charge < -0.3 is 20.5 Å². The first-order chi connectivity index (χ1) is 12.4. The van der Waals surface area contributed by atoms with Crippen LogP contribution in [0.4, 0.5) is 5.82 Å². The van der Waals surface area contributed by atoms with E-state index in [1.54, 1.807) is 30.3 Å². The first kappa shape index (κ1) is 17.3. The molecule has 3 aromatic rings. The fourth-order valence-electron chi connectivity index (χ4n) is 2.34. The monoisotopic (exact) mass is 375 g/mol. The van der Waals surface area contributed by atoms with Crippen molar-refractivity contribution in [3.8, 4) is 0 Å². The van der Waals surface area contributed by atoms with E-state index < -0.39 is 21.9 Å². The van der Waals surface area contributed by atoms with E-state index in [0.717, 1.165) is 0 Å². The number of ketones is 1. The zero-order valence-electron chi connectivity index (χ0n) is 12.9. The first-order valence-corrected chi connectivity index (χ1v) is 7.58. The molecule has 3 rings (SSSR count). The summed E-state index contributed by atoms with van der Waals surface area (Å²) >= 11 is 5.72. The zero-order chi connectivity index (χ0) is 18.8. The average Bonchev–Trinajstić information content (AvgIpc) is 2.62. The summed E-state index contributed by atoms with van der Waals surface area (Å²) in [5, 5.41) is 11.0. The number of Topliss-reactive ketones (excluding diaryl/α,β-unsaturated/α-hetero) is 1. The number of H-pyrrole nitrogens is 1. The minimum absolute atomic E-state index is 0.0686. The van der Waals surface area contributed by atoms with Crippen LogP contribution in [0.1, 0.15) is 10.4 Å². The Hall–Kier alpha value is -3.53. The molecule has 2 heterocycles. The maximum absolute atomic E-state index is 12.2. The fourth-order valence-corrected chi connectivity index (χ4v) is 2.53. The summed E-state index contributed by atoms with van der Waals surface area (Å²) in [4.78, 5) is 52.4. The topological polar surface area (TPSA) is 140 Å². The second kappa shape index (κ2) is 6.76. The van der Waals surface area contributed by atoms with Gasteiger partial charge in [0.1, 0.15) is 0 Å². The Kier molecular flexibility index (Phi) is 4.50. The Balaban J connectivity index is 2.11. The number of nitro groups is 1. The Labute approximate surface area is 149 Å². The molecule has 0 amide bonds. The van der Waals surface area contributed by atoms with E-state index >= 15 is 0 Å². The van der Waals surface area contributed by atoms with Gasteiger partial charge in [0, 0.05) is 11.6 Å². The van der Waals surface area contributed by atoms with Crippen molar-refractivity contribution < 1.29 is 9.72 Å². The Morgan fingerprint density at radius 2 is 2.00 bits per heavy atom. The van der Waals surface area contributed by atoms with Gasteiger partial charge in [-0.05, 0) is 21.5 Å². The van der Waals surface area contributed by atoms with E-state index in [2.05, 4.69) is 15.4 Å². The van der Waals surface area contributed by atoms with Crippen molar-refractivity contribution >= 4 is 34.2 Å². The van der Waals surface area contributed by atoms with Crippen molar-refractivity contribution in [3.63, 3.8) is 0 Å². The molecule has 0 saturated heterocycles. The van der Waals surface area contributed by atoms with Crippen LogP contribution in [0.15, 0.2) is 46.0 Å². The van der Waals surface area contributed by atoms with Gasteiger partial charge in [0.25, 0.3) is 0 Å². The third kappa shape index (κ3) is 3.17. The number of hydrogen-bond acceptors (Lipinski definition) is 7. The van der Waals surface area contributed by atoms with E-state index in [1.807, 2.05) is 0 Å². The van der Waals surface area contributed by atoms with Gasteiger partial charge in [-0.3, -0.25) is 14.4 Å². The summed E-state index contributed by atoms with van der Waals surface area (Å²) < 4.78 is 0.635. The van der Waals surface area contributed by atoms with Gasteiger partial charge in [0.15, 0.2) is 11.3 Å². The largest absolute Gasteiger partial charge is 0.393 e. The van der Waals surface area contributed by atoms with Crippen molar-refractivity contribution in [2.75, 3.05) is 12.0 Å². The number of aromatic amines is 1. The maximum atomic E-state index is 12.2. The standard InChI is InChI=1S/C15H10ClN5O5/c16-11-6-9-12(13(19-11)21(25)26)20(15(24)14(23)18-9)17-7-10(22)8-4-2-1-3-5-8/h1-6,17H,7H2,(H,18,23). The molecule has 0 atom stereocenters. The predicted molar refractivity (Wildman–Crippen MR) is 93.3 cm³/mol. The van der Waals surface area contributed by atoms with Gasteiger partial charge in [0.2, 0.25) is 5.15 Å². The minimum Gasteiger partial charge on any atom is -0.358 e. The molecular weight excluding hydrogens is 366 g/mol. The third-order valence-corrected chi connectivity index (χ3v) is 3.67. The molecule has 0 fully saturated rings. The molecule has 0 radical (unpaired) electrons. The van der Waals surface area contributed by atoms with E-state index in [1.165, 1.54) is 6.07 Å². The number of benzene rings is 1. The average molecular weight is 376 g/mol. The van der Waals surface area contributed by atoms with E-state index in [4.69, 9.17) is 11.6 Å². The molecule has 10 nitrogen and oxygen atoms in total. The second-order valence-electron chi connectivity index (χ2n) is 5.14. The molecule has 1 aromatic carbocycles. The highest BCUT2D eigenvalue weighted by Gasteiger charge is 2.23. The van der Waals surface area contributed by atoms with Crippen LogP contribution >= 0.6 is 11.6 Å². The lowest BCUT2D eigenvalue weighted by molar-refractivity contribution is -0.387. The number of carbonyl (C=O) groups is 1. The fraction of sp³-hybridized carbons (Fsp3) is 0.0667. The third-order valence-electron chi connectivity index (χ3n) is 3.48. The van der Waals surface area contributed by atoms with Crippen LogP contribution in [0.3, 0.4) is 0 Å². The van der Waals surface area contributed by atoms with Gasteiger partial charge in [-0.1, -0.05) is 30.3 Å². The van der Waals surface area contributed by atoms with Crippen molar-refractivity contribution in [2.45, 2.75) is 0 Å². The SMILES string of the molecule is O=C(CNn1c(=O)c(=O)[nH]c2cc(Cl)nc([N+](=O)[O-])c21)c1ccccc1. The van der Waals surface area contributed by atoms with Gasteiger partial charge in [-0.15, -0.1) is 0 Å². The molecule has 0 bridgehead atoms. The predicted octanol–water partition coefficient (Wildman–Crippen LogP) is 1.07. The van der Waals surface area contributed by atoms with Crippen LogP contribution < -0.4 is 16.5 Å². The lowest BCUT2D eigenvalue weighted by Gasteiger charge is -2.11. The van der Waals surface area contributed by atoms with Crippen LogP contribution in [0.5, 0.6) is 0 Å². The number of halogens is 1. The Bertz CT molecular complexity index is 1140. The highest BCUT2D eigenvalue weighted by Crippen LogP contribution is 2.22. The summed E-state index contributed by atoms with van der Waals surface area (Å²) in [5.74, 6) is -1.11. The molecule has 0 aliphatic rings. The maximum Gasteiger partial charge on any atom is 0.393 e. The highest BCUT2D eigenvalue weighted by atomic mass is 35.5. The molecule has 0 aliphatic carbocycles. The number of pyridine rings is 1. The molecule has 0 saturated carbocycles. The molecule has 11 heteroatoms. The normalized spacial score (nSPS) is 10.7. The number of carbonyl (C=O) groups excluding carboxylic acids is 1. The van der Waals surface area contributed by atoms with Gasteiger partial charge in [-0.2, -0.15) is 0 Å². The molecule has 0 aliphatic heterocycles. The number of rotatable bonds is 5. The van der Waals surface area contributed by atoms with Gasteiger partial charge >= 0.3 is 16.9 Å². The van der Waals surface area contributed by atoms with Crippen molar-refractivity contribution in [1.82, 2.24) is 14.6 Å². The van der Waals surface area contributed by atoms with Gasteiger partial charge in [-0.25, -0.2) is 4.68 Å². The molecule has 0 spiro atoms. The smallest absolute Gasteiger partial charge is 0.358 e. The molecule has 0 unspecified atom stereocenters. The minimum atomic E-state index is -1.12. The van der Waals surface area contributed by atoms with Crippen molar-refractivity contribution in [1.29, 1.82) is 0 Å². The van der Waals surface area contributed by atoms with Crippen LogP contribution in [-0.4, -0.2) is 31.9 Å². The quantitative estimate of drug-likeness (QED) is 0.223. The number of fused-ring (bicyclic) bond motifs is 1. The van der Waals surface area contributed by atoms with Crippen molar-refractivity contribution in [2.24, 2.45) is 0 Å². The van der Waals surface area contributed by atoms with E-state index in [0.29, 0.717) is 10.2 Å². The molecule has 26 heavy (non-hydrogen) atoms. The number of nitrogens with one attached hydrogen (secondary N) is 2. The van der Waals surface area contributed by atoms with E-state index in [-0.39, 0.29) is 28.5 Å². The Morgan fingerprint density at radius 1 is 1.31 bits per heavy atom. The summed E-state index contributed by atoms with van der Waals surface area (Å²) in [7, 11) is 0.